The van der Waals surface area contributed by atoms with Crippen LogP contribution < -0.4 is 11.1 Å². The smallest absolute Gasteiger partial charge is 0.219 e. The van der Waals surface area contributed by atoms with Gasteiger partial charge >= 0.3 is 0 Å². The summed E-state index contributed by atoms with van der Waals surface area (Å²) in [6.07, 6.45) is -0.599. The Morgan fingerprint density at radius 1 is 1.62 bits per heavy atom. The molecule has 0 saturated carbocycles. The molecule has 0 bridgehead atoms. The third-order valence-electron chi connectivity index (χ3n) is 1.64. The fraction of sp³-hybridized carbons (Fsp3) is 0.875. The molecule has 0 aromatic carbocycles. The van der Waals surface area contributed by atoms with E-state index in [-0.39, 0.29) is 19.6 Å². The van der Waals surface area contributed by atoms with Crippen LogP contribution in [0, 0.1) is 0 Å². The highest BCUT2D eigenvalue weighted by molar-refractivity contribution is 5.74. The number of nitrogens with two attached hydrogens (primary N) is 1. The molecule has 0 aromatic rings. The van der Waals surface area contributed by atoms with Gasteiger partial charge in [-0.25, -0.2) is 0 Å². The summed E-state index contributed by atoms with van der Waals surface area (Å²) < 4.78 is 0. The normalized spacial score (nSPS) is 14.2. The second-order valence-corrected chi connectivity index (χ2v) is 3.74. The number of hydrogen-bond acceptors (Lipinski definition) is 4. The molecule has 78 valence electrons. The molecule has 0 radical (unpaired) electrons. The zero-order chi connectivity index (χ0) is 10.5. The van der Waals surface area contributed by atoms with Gasteiger partial charge < -0.3 is 21.3 Å². The van der Waals surface area contributed by atoms with Crippen molar-refractivity contribution < 1.29 is 15.0 Å². The number of β-amino-alcohol motifs (C(OH)–C–C–N with tert-alkyl or cyclic N) is 1. The summed E-state index contributed by atoms with van der Waals surface area (Å²) in [6, 6.07) is 0. The second kappa shape index (κ2) is 5.16. The van der Waals surface area contributed by atoms with Crippen LogP contribution in [0.15, 0.2) is 0 Å². The van der Waals surface area contributed by atoms with Gasteiger partial charge in [-0.1, -0.05) is 0 Å². The molecule has 0 rings (SSSR count). The number of primary amides is 1. The molecular formula is C8H18N2O3. The average Bonchev–Trinajstić information content (AvgIpc) is 1.98. The molecule has 1 atom stereocenters. The van der Waals surface area contributed by atoms with Crippen LogP contribution in [0.5, 0.6) is 0 Å². The number of rotatable bonds is 6. The van der Waals surface area contributed by atoms with Crippen molar-refractivity contribution >= 4 is 5.91 Å². The number of amides is 1. The van der Waals surface area contributed by atoms with E-state index in [0.29, 0.717) is 0 Å². The molecular weight excluding hydrogens is 172 g/mol. The molecule has 0 aromatic heterocycles. The van der Waals surface area contributed by atoms with E-state index in [0.717, 1.165) is 0 Å². The monoisotopic (exact) mass is 190 g/mol. The summed E-state index contributed by atoms with van der Waals surface area (Å²) in [6.45, 7) is 3.57. The Kier molecular flexibility index (Phi) is 4.90. The third kappa shape index (κ3) is 6.51. The molecule has 5 heteroatoms. The lowest BCUT2D eigenvalue weighted by atomic mass is 10.0. The van der Waals surface area contributed by atoms with E-state index in [2.05, 4.69) is 5.32 Å². The fourth-order valence-electron chi connectivity index (χ4n) is 0.957. The number of carbonyl (C=O) groups is 1. The van der Waals surface area contributed by atoms with Crippen LogP contribution in [0.1, 0.15) is 20.3 Å². The van der Waals surface area contributed by atoms with Crippen molar-refractivity contribution in [2.45, 2.75) is 31.9 Å². The SMILES string of the molecule is CC(C)(CC(N)=O)NCC(O)CO. The Morgan fingerprint density at radius 2 is 2.15 bits per heavy atom. The van der Waals surface area contributed by atoms with E-state index in [4.69, 9.17) is 15.9 Å². The van der Waals surface area contributed by atoms with Gasteiger partial charge in [-0.2, -0.15) is 0 Å². The highest BCUT2D eigenvalue weighted by Crippen LogP contribution is 2.06. The van der Waals surface area contributed by atoms with Crippen LogP contribution >= 0.6 is 0 Å². The standard InChI is InChI=1S/C8H18N2O3/c1-8(2,3-7(9)13)10-4-6(12)5-11/h6,10-12H,3-5H2,1-2H3,(H2,9,13). The predicted molar refractivity (Wildman–Crippen MR) is 49.0 cm³/mol. The Hall–Kier alpha value is -0.650. The molecule has 5 nitrogen and oxygen atoms in total. The summed E-state index contributed by atoms with van der Waals surface area (Å²) in [5, 5.41) is 20.5. The lowest BCUT2D eigenvalue weighted by molar-refractivity contribution is -0.119. The molecule has 13 heavy (non-hydrogen) atoms. The van der Waals surface area contributed by atoms with Crippen molar-refractivity contribution in [3.63, 3.8) is 0 Å². The zero-order valence-corrected chi connectivity index (χ0v) is 8.08. The van der Waals surface area contributed by atoms with Crippen molar-refractivity contribution in [3.05, 3.63) is 0 Å². The topological polar surface area (TPSA) is 95.6 Å². The number of aliphatic hydroxyl groups excluding tert-OH is 2. The first-order chi connectivity index (χ1) is 5.87. The van der Waals surface area contributed by atoms with E-state index < -0.39 is 17.6 Å². The van der Waals surface area contributed by atoms with Crippen molar-refractivity contribution in [1.82, 2.24) is 5.32 Å². The van der Waals surface area contributed by atoms with Gasteiger partial charge in [-0.3, -0.25) is 4.79 Å². The maximum absolute atomic E-state index is 10.6. The summed E-state index contributed by atoms with van der Waals surface area (Å²) in [4.78, 5) is 10.6. The second-order valence-electron chi connectivity index (χ2n) is 3.74. The fourth-order valence-corrected chi connectivity index (χ4v) is 0.957. The Balaban J connectivity index is 3.81. The molecule has 1 amide bonds. The number of hydrogen-bond donors (Lipinski definition) is 4. The Bertz CT molecular complexity index is 171. The van der Waals surface area contributed by atoms with E-state index in [1.807, 2.05) is 13.8 Å². The molecule has 5 N–H and O–H groups in total. The first-order valence-electron chi connectivity index (χ1n) is 4.19. The molecule has 0 aliphatic carbocycles. The molecule has 0 spiro atoms. The van der Waals surface area contributed by atoms with E-state index in [9.17, 15) is 4.79 Å². The molecule has 0 aliphatic heterocycles. The number of aliphatic hydroxyl groups is 2. The summed E-state index contributed by atoms with van der Waals surface area (Å²) in [7, 11) is 0. The van der Waals surface area contributed by atoms with Gasteiger partial charge in [0.2, 0.25) is 5.91 Å². The van der Waals surface area contributed by atoms with Crippen molar-refractivity contribution in [2.24, 2.45) is 5.73 Å². The van der Waals surface area contributed by atoms with E-state index in [1.165, 1.54) is 0 Å². The van der Waals surface area contributed by atoms with Crippen LogP contribution in [0.25, 0.3) is 0 Å². The van der Waals surface area contributed by atoms with E-state index in [1.54, 1.807) is 0 Å². The van der Waals surface area contributed by atoms with Gasteiger partial charge in [0.1, 0.15) is 0 Å². The minimum atomic E-state index is -0.799. The maximum atomic E-state index is 10.6. The zero-order valence-electron chi connectivity index (χ0n) is 8.08. The average molecular weight is 190 g/mol. The Labute approximate surface area is 77.9 Å². The summed E-state index contributed by atoms with van der Waals surface area (Å²) >= 11 is 0. The number of carbonyl (C=O) groups excluding carboxylic acids is 1. The largest absolute Gasteiger partial charge is 0.394 e. The molecule has 0 aliphatic rings. The maximum Gasteiger partial charge on any atom is 0.219 e. The van der Waals surface area contributed by atoms with Crippen LogP contribution in [0.3, 0.4) is 0 Å². The van der Waals surface area contributed by atoms with Gasteiger partial charge in [0.05, 0.1) is 12.7 Å². The van der Waals surface area contributed by atoms with E-state index >= 15 is 0 Å². The highest BCUT2D eigenvalue weighted by atomic mass is 16.3. The Morgan fingerprint density at radius 3 is 2.54 bits per heavy atom. The lowest BCUT2D eigenvalue weighted by Crippen LogP contribution is -2.46. The third-order valence-corrected chi connectivity index (χ3v) is 1.64. The minimum absolute atomic E-state index is 0.200. The first-order valence-corrected chi connectivity index (χ1v) is 4.19. The van der Waals surface area contributed by atoms with Crippen LogP contribution in [0.4, 0.5) is 0 Å². The predicted octanol–water partition coefficient (Wildman–Crippen LogP) is -1.42. The molecule has 0 fully saturated rings. The molecule has 0 heterocycles. The van der Waals surface area contributed by atoms with Crippen molar-refractivity contribution in [3.8, 4) is 0 Å². The van der Waals surface area contributed by atoms with Gasteiger partial charge in [0.25, 0.3) is 0 Å². The first kappa shape index (κ1) is 12.3. The van der Waals surface area contributed by atoms with Gasteiger partial charge in [0.15, 0.2) is 0 Å². The van der Waals surface area contributed by atoms with Gasteiger partial charge in [-0.05, 0) is 13.8 Å². The lowest BCUT2D eigenvalue weighted by Gasteiger charge is -2.25. The molecule has 1 unspecified atom stereocenters. The highest BCUT2D eigenvalue weighted by Gasteiger charge is 2.20. The summed E-state index contributed by atoms with van der Waals surface area (Å²) in [5.74, 6) is -0.393. The van der Waals surface area contributed by atoms with Crippen LogP contribution in [-0.4, -0.2) is 40.9 Å². The van der Waals surface area contributed by atoms with Gasteiger partial charge in [-0.15, -0.1) is 0 Å². The minimum Gasteiger partial charge on any atom is -0.394 e. The van der Waals surface area contributed by atoms with Crippen molar-refractivity contribution in [1.29, 1.82) is 0 Å². The van der Waals surface area contributed by atoms with Crippen LogP contribution in [0.2, 0.25) is 0 Å². The van der Waals surface area contributed by atoms with Crippen molar-refractivity contribution in [2.75, 3.05) is 13.2 Å². The summed E-state index contributed by atoms with van der Waals surface area (Å²) in [5.41, 5.74) is 4.58. The van der Waals surface area contributed by atoms with Crippen LogP contribution in [-0.2, 0) is 4.79 Å². The number of nitrogens with one attached hydrogen (secondary N) is 1. The molecule has 0 saturated heterocycles. The van der Waals surface area contributed by atoms with Gasteiger partial charge in [0, 0.05) is 18.5 Å². The quantitative estimate of drug-likeness (QED) is 0.413.